The van der Waals surface area contributed by atoms with E-state index in [-0.39, 0.29) is 6.61 Å². The molecule has 0 radical (unpaired) electrons. The molecule has 7 nitrogen and oxygen atoms in total. The van der Waals surface area contributed by atoms with Gasteiger partial charge in [0, 0.05) is 18.0 Å². The van der Waals surface area contributed by atoms with E-state index in [1.165, 1.54) is 0 Å². The van der Waals surface area contributed by atoms with Crippen molar-refractivity contribution >= 4 is 45.9 Å². The number of nitrogens with one attached hydrogen (secondary N) is 2. The molecular formula is C19H16Cl2N6O. The van der Waals surface area contributed by atoms with E-state index in [0.29, 0.717) is 50.0 Å². The van der Waals surface area contributed by atoms with Gasteiger partial charge in [-0.15, -0.1) is 0 Å². The zero-order valence-corrected chi connectivity index (χ0v) is 16.6. The van der Waals surface area contributed by atoms with Crippen molar-refractivity contribution in [1.82, 2.24) is 24.9 Å². The predicted octanol–water partition coefficient (Wildman–Crippen LogP) is 4.57. The van der Waals surface area contributed by atoms with Gasteiger partial charge in [-0.3, -0.25) is 0 Å². The number of fused-ring (bicyclic) bond motifs is 1. The smallest absolute Gasteiger partial charge is 0.159 e. The number of rotatable bonds is 4. The highest BCUT2D eigenvalue weighted by atomic mass is 35.5. The normalized spacial score (nSPS) is 11.2. The number of halogens is 2. The van der Waals surface area contributed by atoms with Crippen molar-refractivity contribution in [3.63, 3.8) is 0 Å². The molecule has 28 heavy (non-hydrogen) atoms. The van der Waals surface area contributed by atoms with Crippen molar-refractivity contribution in [2.45, 2.75) is 20.5 Å². The fourth-order valence-electron chi connectivity index (χ4n) is 2.99. The fourth-order valence-corrected chi connectivity index (χ4v) is 3.70. The van der Waals surface area contributed by atoms with Crippen LogP contribution in [0, 0.1) is 13.8 Å². The summed E-state index contributed by atoms with van der Waals surface area (Å²) in [4.78, 5) is 20.9. The third-order valence-corrected chi connectivity index (χ3v) is 4.73. The van der Waals surface area contributed by atoms with Crippen molar-refractivity contribution in [2.75, 3.05) is 5.32 Å². The van der Waals surface area contributed by atoms with Crippen molar-refractivity contribution in [2.24, 2.45) is 0 Å². The van der Waals surface area contributed by atoms with Crippen LogP contribution in [0.15, 0.2) is 30.5 Å². The quantitative estimate of drug-likeness (QED) is 0.452. The van der Waals surface area contributed by atoms with Crippen LogP contribution in [0.4, 0.5) is 11.6 Å². The molecule has 9 heteroatoms. The number of hydrogen-bond donors (Lipinski definition) is 3. The molecule has 0 aliphatic carbocycles. The van der Waals surface area contributed by atoms with Gasteiger partial charge in [0.05, 0.1) is 27.7 Å². The molecule has 0 saturated heterocycles. The van der Waals surface area contributed by atoms with Gasteiger partial charge in [0.1, 0.15) is 23.0 Å². The zero-order chi connectivity index (χ0) is 19.8. The molecule has 0 aliphatic heterocycles. The van der Waals surface area contributed by atoms with Gasteiger partial charge in [0.2, 0.25) is 0 Å². The topological polar surface area (TPSA) is 99.6 Å². The molecule has 1 aromatic carbocycles. The number of aryl methyl sites for hydroxylation is 2. The molecule has 3 heterocycles. The van der Waals surface area contributed by atoms with Crippen LogP contribution in [-0.2, 0) is 6.61 Å². The third kappa shape index (κ3) is 3.52. The first-order chi connectivity index (χ1) is 13.4. The van der Waals surface area contributed by atoms with E-state index in [1.54, 1.807) is 18.3 Å². The minimum atomic E-state index is -0.143. The monoisotopic (exact) mass is 414 g/mol. The van der Waals surface area contributed by atoms with E-state index >= 15 is 0 Å². The Kier molecular flexibility index (Phi) is 4.89. The van der Waals surface area contributed by atoms with Crippen molar-refractivity contribution < 1.29 is 5.11 Å². The molecule has 0 spiro atoms. The second kappa shape index (κ2) is 7.35. The lowest BCUT2D eigenvalue weighted by Gasteiger charge is -2.07. The number of aliphatic hydroxyl groups excluding tert-OH is 1. The number of pyridine rings is 1. The molecule has 4 aromatic rings. The Morgan fingerprint density at radius 2 is 1.82 bits per heavy atom. The second-order valence-corrected chi connectivity index (χ2v) is 7.11. The van der Waals surface area contributed by atoms with Gasteiger partial charge < -0.3 is 15.4 Å². The average molecular weight is 415 g/mol. The van der Waals surface area contributed by atoms with Crippen LogP contribution in [0.1, 0.15) is 17.1 Å². The first kappa shape index (κ1) is 18.6. The highest BCUT2D eigenvalue weighted by Gasteiger charge is 2.16. The molecule has 3 N–H and O–H groups in total. The van der Waals surface area contributed by atoms with Gasteiger partial charge in [0.25, 0.3) is 0 Å². The lowest BCUT2D eigenvalue weighted by Crippen LogP contribution is -2.00. The van der Waals surface area contributed by atoms with Gasteiger partial charge in [-0.25, -0.2) is 19.9 Å². The SMILES string of the molecule is Cc1cc(Nc2nccc3[nH]c(-c4c(Cl)cc(CO)cc4Cl)nc23)nc(C)n1. The fraction of sp³-hybridized carbons (Fsp3) is 0.158. The number of aliphatic hydroxyl groups is 1. The molecule has 3 aromatic heterocycles. The number of aromatic nitrogens is 5. The largest absolute Gasteiger partial charge is 0.392 e. The van der Waals surface area contributed by atoms with E-state index in [2.05, 4.69) is 30.2 Å². The molecule has 0 fully saturated rings. The van der Waals surface area contributed by atoms with Crippen LogP contribution in [0.25, 0.3) is 22.4 Å². The lowest BCUT2D eigenvalue weighted by atomic mass is 10.1. The number of H-pyrrole nitrogens is 1. The maximum Gasteiger partial charge on any atom is 0.159 e. The first-order valence-electron chi connectivity index (χ1n) is 8.48. The summed E-state index contributed by atoms with van der Waals surface area (Å²) in [6.07, 6.45) is 1.67. The van der Waals surface area contributed by atoms with E-state index in [4.69, 9.17) is 23.2 Å². The Morgan fingerprint density at radius 3 is 2.50 bits per heavy atom. The van der Waals surface area contributed by atoms with E-state index in [9.17, 15) is 5.11 Å². The first-order valence-corrected chi connectivity index (χ1v) is 9.23. The van der Waals surface area contributed by atoms with Crippen LogP contribution < -0.4 is 5.32 Å². The minimum absolute atomic E-state index is 0.143. The van der Waals surface area contributed by atoms with Gasteiger partial charge in [0.15, 0.2) is 5.82 Å². The summed E-state index contributed by atoms with van der Waals surface area (Å²) in [6.45, 7) is 3.59. The third-order valence-electron chi connectivity index (χ3n) is 4.13. The van der Waals surface area contributed by atoms with Gasteiger partial charge >= 0.3 is 0 Å². The number of imidazole rings is 1. The number of benzene rings is 1. The van der Waals surface area contributed by atoms with Crippen molar-refractivity contribution in [3.05, 3.63) is 57.6 Å². The summed E-state index contributed by atoms with van der Waals surface area (Å²) >= 11 is 12.8. The van der Waals surface area contributed by atoms with Crippen LogP contribution in [0.5, 0.6) is 0 Å². The van der Waals surface area contributed by atoms with Gasteiger partial charge in [-0.2, -0.15) is 0 Å². The lowest BCUT2D eigenvalue weighted by molar-refractivity contribution is 0.282. The number of aromatic amines is 1. The number of hydrogen-bond acceptors (Lipinski definition) is 6. The second-order valence-electron chi connectivity index (χ2n) is 6.30. The van der Waals surface area contributed by atoms with Gasteiger partial charge in [-0.05, 0) is 37.6 Å². The Hall–Kier alpha value is -2.74. The number of nitrogens with zero attached hydrogens (tertiary/aromatic N) is 4. The van der Waals surface area contributed by atoms with Gasteiger partial charge in [-0.1, -0.05) is 23.2 Å². The summed E-state index contributed by atoms with van der Waals surface area (Å²) in [5, 5.41) is 13.3. The Bertz CT molecular complexity index is 1150. The summed E-state index contributed by atoms with van der Waals surface area (Å²) in [6, 6.07) is 6.99. The summed E-state index contributed by atoms with van der Waals surface area (Å²) in [5.41, 5.74) is 3.45. The maximum absolute atomic E-state index is 9.31. The van der Waals surface area contributed by atoms with Crippen LogP contribution in [0.2, 0.25) is 10.0 Å². The molecule has 0 atom stereocenters. The molecular weight excluding hydrogens is 399 g/mol. The minimum Gasteiger partial charge on any atom is -0.392 e. The molecule has 0 unspecified atom stereocenters. The molecule has 0 saturated carbocycles. The van der Waals surface area contributed by atoms with E-state index in [1.807, 2.05) is 26.0 Å². The van der Waals surface area contributed by atoms with Crippen molar-refractivity contribution in [3.8, 4) is 11.4 Å². The highest BCUT2D eigenvalue weighted by Crippen LogP contribution is 2.36. The summed E-state index contributed by atoms with van der Waals surface area (Å²) in [5.74, 6) is 2.37. The summed E-state index contributed by atoms with van der Waals surface area (Å²) in [7, 11) is 0. The average Bonchev–Trinajstić information content (AvgIpc) is 3.05. The van der Waals surface area contributed by atoms with Crippen LogP contribution in [-0.4, -0.2) is 30.0 Å². The van der Waals surface area contributed by atoms with Crippen LogP contribution in [0.3, 0.4) is 0 Å². The van der Waals surface area contributed by atoms with E-state index in [0.717, 1.165) is 11.2 Å². The number of anilines is 2. The molecule has 0 amide bonds. The predicted molar refractivity (Wildman–Crippen MR) is 110 cm³/mol. The highest BCUT2D eigenvalue weighted by molar-refractivity contribution is 6.39. The zero-order valence-electron chi connectivity index (χ0n) is 15.1. The van der Waals surface area contributed by atoms with Crippen LogP contribution >= 0.6 is 23.2 Å². The summed E-state index contributed by atoms with van der Waals surface area (Å²) < 4.78 is 0. The Morgan fingerprint density at radius 1 is 1.07 bits per heavy atom. The Labute approximate surface area is 170 Å². The molecule has 0 bridgehead atoms. The van der Waals surface area contributed by atoms with E-state index < -0.39 is 0 Å². The molecule has 142 valence electrons. The van der Waals surface area contributed by atoms with Crippen molar-refractivity contribution in [1.29, 1.82) is 0 Å². The molecule has 4 rings (SSSR count). The maximum atomic E-state index is 9.31. The Balaban J connectivity index is 1.80. The molecule has 0 aliphatic rings. The standard InChI is InChI=1S/C19H16Cl2N6O/c1-9-5-15(24-10(2)23-9)26-19-17-14(3-4-22-19)25-18(27-17)16-12(20)6-11(8-28)7-13(16)21/h3-7,28H,8H2,1-2H3,(H,25,27)(H,22,23,24,26).